The molecule has 2 aliphatic heterocycles. The SMILES string of the molecule is O=CN1CCC2(CC1)NC(=O)N(c1ccccc1)C2=O. The average Bonchev–Trinajstić information content (AvgIpc) is 2.72. The molecule has 0 saturated carbocycles. The van der Waals surface area contributed by atoms with Crippen LogP contribution in [-0.4, -0.2) is 41.9 Å². The highest BCUT2D eigenvalue weighted by molar-refractivity contribution is 6.23. The van der Waals surface area contributed by atoms with E-state index in [4.69, 9.17) is 0 Å². The Labute approximate surface area is 116 Å². The van der Waals surface area contributed by atoms with Gasteiger partial charge >= 0.3 is 6.03 Å². The number of piperidine rings is 1. The van der Waals surface area contributed by atoms with Gasteiger partial charge in [0.2, 0.25) is 6.41 Å². The number of para-hydroxylation sites is 1. The van der Waals surface area contributed by atoms with Gasteiger partial charge in [-0.05, 0) is 25.0 Å². The highest BCUT2D eigenvalue weighted by atomic mass is 16.2. The van der Waals surface area contributed by atoms with Gasteiger partial charge in [0, 0.05) is 13.1 Å². The van der Waals surface area contributed by atoms with Crippen LogP contribution in [0, 0.1) is 0 Å². The normalized spacial score (nSPS) is 21.2. The number of imide groups is 1. The Kier molecular flexibility index (Phi) is 2.93. The van der Waals surface area contributed by atoms with Gasteiger partial charge in [-0.2, -0.15) is 0 Å². The summed E-state index contributed by atoms with van der Waals surface area (Å²) < 4.78 is 0. The number of carbonyl (C=O) groups excluding carboxylic acids is 3. The molecule has 1 aromatic rings. The maximum Gasteiger partial charge on any atom is 0.329 e. The van der Waals surface area contributed by atoms with Crippen LogP contribution in [-0.2, 0) is 9.59 Å². The maximum atomic E-state index is 12.6. The summed E-state index contributed by atoms with van der Waals surface area (Å²) in [5, 5.41) is 2.81. The van der Waals surface area contributed by atoms with Crippen molar-refractivity contribution < 1.29 is 14.4 Å². The number of benzene rings is 1. The molecule has 0 aromatic heterocycles. The van der Waals surface area contributed by atoms with Crippen molar-refractivity contribution >= 4 is 24.0 Å². The number of likely N-dealkylation sites (tertiary alicyclic amines) is 1. The van der Waals surface area contributed by atoms with E-state index >= 15 is 0 Å². The van der Waals surface area contributed by atoms with Crippen molar-refractivity contribution in [3.8, 4) is 0 Å². The molecule has 1 aromatic carbocycles. The van der Waals surface area contributed by atoms with Crippen LogP contribution in [0.4, 0.5) is 10.5 Å². The Bertz CT molecular complexity index is 550. The Balaban J connectivity index is 1.86. The van der Waals surface area contributed by atoms with Gasteiger partial charge in [0.15, 0.2) is 0 Å². The number of hydrogen-bond acceptors (Lipinski definition) is 3. The lowest BCUT2D eigenvalue weighted by molar-refractivity contribution is -0.127. The minimum atomic E-state index is -0.855. The van der Waals surface area contributed by atoms with E-state index in [9.17, 15) is 14.4 Å². The van der Waals surface area contributed by atoms with Gasteiger partial charge < -0.3 is 10.2 Å². The van der Waals surface area contributed by atoms with Gasteiger partial charge in [-0.3, -0.25) is 9.59 Å². The first kappa shape index (κ1) is 12.7. The van der Waals surface area contributed by atoms with Gasteiger partial charge in [0.25, 0.3) is 5.91 Å². The minimum Gasteiger partial charge on any atom is -0.345 e. The zero-order valence-corrected chi connectivity index (χ0v) is 10.9. The van der Waals surface area contributed by atoms with Crippen LogP contribution in [0.1, 0.15) is 12.8 Å². The molecule has 104 valence electrons. The molecule has 2 fully saturated rings. The Morgan fingerprint density at radius 1 is 1.10 bits per heavy atom. The molecule has 4 amide bonds. The number of amides is 4. The number of nitrogens with zero attached hydrogens (tertiary/aromatic N) is 2. The molecule has 2 heterocycles. The van der Waals surface area contributed by atoms with Crippen LogP contribution in [0.3, 0.4) is 0 Å². The van der Waals surface area contributed by atoms with Crippen molar-refractivity contribution in [1.82, 2.24) is 10.2 Å². The number of anilines is 1. The zero-order chi connectivity index (χ0) is 14.2. The van der Waals surface area contributed by atoms with Crippen LogP contribution in [0.15, 0.2) is 30.3 Å². The van der Waals surface area contributed by atoms with Gasteiger partial charge in [0.05, 0.1) is 5.69 Å². The number of carbonyl (C=O) groups is 3. The standard InChI is InChI=1S/C14H15N3O3/c18-10-16-8-6-14(7-9-16)12(19)17(13(20)15-14)11-4-2-1-3-5-11/h1-5,10H,6-9H2,(H,15,20). The van der Waals surface area contributed by atoms with E-state index in [0.717, 1.165) is 6.41 Å². The summed E-state index contributed by atoms with van der Waals surface area (Å²) in [5.74, 6) is -0.223. The Morgan fingerprint density at radius 3 is 2.35 bits per heavy atom. The fourth-order valence-electron chi connectivity index (χ4n) is 2.78. The monoisotopic (exact) mass is 273 g/mol. The van der Waals surface area contributed by atoms with Crippen LogP contribution < -0.4 is 10.2 Å². The van der Waals surface area contributed by atoms with Gasteiger partial charge in [0.1, 0.15) is 5.54 Å². The molecule has 6 heteroatoms. The van der Waals surface area contributed by atoms with E-state index in [1.807, 2.05) is 6.07 Å². The first-order valence-electron chi connectivity index (χ1n) is 6.57. The van der Waals surface area contributed by atoms with E-state index < -0.39 is 5.54 Å². The first-order chi connectivity index (χ1) is 9.66. The van der Waals surface area contributed by atoms with Crippen LogP contribution in [0.2, 0.25) is 0 Å². The summed E-state index contributed by atoms with van der Waals surface area (Å²) in [7, 11) is 0. The van der Waals surface area contributed by atoms with E-state index in [1.54, 1.807) is 29.2 Å². The molecule has 0 atom stereocenters. The van der Waals surface area contributed by atoms with Crippen molar-refractivity contribution in [3.05, 3.63) is 30.3 Å². The highest BCUT2D eigenvalue weighted by Crippen LogP contribution is 2.31. The van der Waals surface area contributed by atoms with Crippen molar-refractivity contribution in [2.24, 2.45) is 0 Å². The van der Waals surface area contributed by atoms with E-state index in [0.29, 0.717) is 31.6 Å². The molecule has 0 bridgehead atoms. The second kappa shape index (κ2) is 4.63. The summed E-state index contributed by atoms with van der Waals surface area (Å²) in [6.45, 7) is 0.969. The van der Waals surface area contributed by atoms with Crippen molar-refractivity contribution in [2.45, 2.75) is 18.4 Å². The summed E-state index contributed by atoms with van der Waals surface area (Å²) in [5.41, 5.74) is -0.281. The third-order valence-corrected chi connectivity index (χ3v) is 3.98. The Hall–Kier alpha value is -2.37. The summed E-state index contributed by atoms with van der Waals surface area (Å²) >= 11 is 0. The summed E-state index contributed by atoms with van der Waals surface area (Å²) in [6, 6.07) is 8.49. The Morgan fingerprint density at radius 2 is 1.75 bits per heavy atom. The second-order valence-corrected chi connectivity index (χ2v) is 5.13. The highest BCUT2D eigenvalue weighted by Gasteiger charge is 2.52. The predicted molar refractivity (Wildman–Crippen MR) is 72.1 cm³/mol. The zero-order valence-electron chi connectivity index (χ0n) is 10.9. The third-order valence-electron chi connectivity index (χ3n) is 3.98. The van der Waals surface area contributed by atoms with Crippen molar-refractivity contribution in [3.63, 3.8) is 0 Å². The molecule has 3 rings (SSSR count). The molecule has 2 saturated heterocycles. The maximum absolute atomic E-state index is 12.6. The second-order valence-electron chi connectivity index (χ2n) is 5.13. The number of rotatable bonds is 2. The van der Waals surface area contributed by atoms with Crippen molar-refractivity contribution in [1.29, 1.82) is 0 Å². The smallest absolute Gasteiger partial charge is 0.329 e. The van der Waals surface area contributed by atoms with Crippen LogP contribution in [0.25, 0.3) is 0 Å². The molecule has 0 aliphatic carbocycles. The predicted octanol–water partition coefficient (Wildman–Crippen LogP) is 0.734. The van der Waals surface area contributed by atoms with Crippen molar-refractivity contribution in [2.75, 3.05) is 18.0 Å². The number of hydrogen-bond donors (Lipinski definition) is 1. The average molecular weight is 273 g/mol. The lowest BCUT2D eigenvalue weighted by atomic mass is 9.87. The summed E-state index contributed by atoms with van der Waals surface area (Å²) in [6.07, 6.45) is 1.70. The molecular weight excluding hydrogens is 258 g/mol. The molecule has 1 spiro atoms. The van der Waals surface area contributed by atoms with Crippen LogP contribution in [0.5, 0.6) is 0 Å². The molecule has 0 unspecified atom stereocenters. The van der Waals surface area contributed by atoms with Gasteiger partial charge in [-0.1, -0.05) is 18.2 Å². The largest absolute Gasteiger partial charge is 0.345 e. The number of urea groups is 1. The number of nitrogens with one attached hydrogen (secondary N) is 1. The van der Waals surface area contributed by atoms with E-state index in [2.05, 4.69) is 5.32 Å². The minimum absolute atomic E-state index is 0.223. The molecule has 1 N–H and O–H groups in total. The molecule has 0 radical (unpaired) electrons. The molecule has 6 nitrogen and oxygen atoms in total. The third kappa shape index (κ3) is 1.84. The molecular formula is C14H15N3O3. The van der Waals surface area contributed by atoms with Crippen LogP contribution >= 0.6 is 0 Å². The van der Waals surface area contributed by atoms with E-state index in [1.165, 1.54) is 4.90 Å². The summed E-state index contributed by atoms with van der Waals surface area (Å²) in [4.78, 5) is 38.3. The fourth-order valence-corrected chi connectivity index (χ4v) is 2.78. The quantitative estimate of drug-likeness (QED) is 0.638. The molecule has 20 heavy (non-hydrogen) atoms. The van der Waals surface area contributed by atoms with Gasteiger partial charge in [-0.25, -0.2) is 9.69 Å². The van der Waals surface area contributed by atoms with Gasteiger partial charge in [-0.15, -0.1) is 0 Å². The fraction of sp³-hybridized carbons (Fsp3) is 0.357. The lowest BCUT2D eigenvalue weighted by Crippen LogP contribution is -2.54. The lowest BCUT2D eigenvalue weighted by Gasteiger charge is -2.35. The topological polar surface area (TPSA) is 69.7 Å². The molecule has 2 aliphatic rings. The van der Waals surface area contributed by atoms with E-state index in [-0.39, 0.29) is 11.9 Å². The first-order valence-corrected chi connectivity index (χ1v) is 6.57.